The Labute approximate surface area is 154 Å². The number of thiazole rings is 1. The number of rotatable bonds is 7. The van der Waals surface area contributed by atoms with Gasteiger partial charge in [-0.1, -0.05) is 30.3 Å². The summed E-state index contributed by atoms with van der Waals surface area (Å²) in [5.41, 5.74) is 4.05. The van der Waals surface area contributed by atoms with Crippen molar-refractivity contribution in [3.63, 3.8) is 0 Å². The summed E-state index contributed by atoms with van der Waals surface area (Å²) in [6.45, 7) is 0.394. The van der Waals surface area contributed by atoms with Crippen molar-refractivity contribution in [3.05, 3.63) is 82.1 Å². The summed E-state index contributed by atoms with van der Waals surface area (Å²) in [6.07, 6.45) is 0.465. The lowest BCUT2D eigenvalue weighted by molar-refractivity contribution is 0.0951. The number of halogens is 1. The number of hydrogen-bond donors (Lipinski definition) is 1. The summed E-state index contributed by atoms with van der Waals surface area (Å²) in [4.78, 5) is 17.6. The van der Waals surface area contributed by atoms with Crippen LogP contribution < -0.4 is 5.32 Å². The normalized spacial score (nSPS) is 10.6. The van der Waals surface area contributed by atoms with E-state index in [2.05, 4.69) is 10.3 Å². The smallest absolute Gasteiger partial charge is 0.252 e. The van der Waals surface area contributed by atoms with Crippen LogP contribution >= 0.6 is 23.1 Å². The van der Waals surface area contributed by atoms with E-state index >= 15 is 0 Å². The molecule has 2 aromatic carbocycles. The fourth-order valence-electron chi connectivity index (χ4n) is 2.35. The van der Waals surface area contributed by atoms with Crippen molar-refractivity contribution in [2.75, 3.05) is 6.54 Å². The van der Waals surface area contributed by atoms with E-state index in [1.165, 1.54) is 6.07 Å². The summed E-state index contributed by atoms with van der Waals surface area (Å²) >= 11 is 3.15. The van der Waals surface area contributed by atoms with E-state index in [1.54, 1.807) is 46.8 Å². The highest BCUT2D eigenvalue weighted by atomic mass is 32.2. The van der Waals surface area contributed by atoms with Crippen LogP contribution in [0, 0.1) is 5.82 Å². The van der Waals surface area contributed by atoms with Gasteiger partial charge in [-0.3, -0.25) is 4.79 Å². The molecule has 0 saturated carbocycles. The monoisotopic (exact) mass is 372 g/mol. The van der Waals surface area contributed by atoms with Crippen molar-refractivity contribution in [2.24, 2.45) is 0 Å². The molecule has 1 aromatic heterocycles. The summed E-state index contributed by atoms with van der Waals surface area (Å²) in [5, 5.41) is 4.88. The summed E-state index contributed by atoms with van der Waals surface area (Å²) in [5.74, 6) is 0.344. The van der Waals surface area contributed by atoms with E-state index in [9.17, 15) is 9.18 Å². The number of amides is 1. The number of hydrogen-bond acceptors (Lipinski definition) is 4. The van der Waals surface area contributed by atoms with Crippen LogP contribution in [0.2, 0.25) is 0 Å². The molecule has 0 unspecified atom stereocenters. The Morgan fingerprint density at radius 2 is 1.96 bits per heavy atom. The molecule has 6 heteroatoms. The van der Waals surface area contributed by atoms with Gasteiger partial charge >= 0.3 is 0 Å². The van der Waals surface area contributed by atoms with Crippen LogP contribution in [0.25, 0.3) is 0 Å². The number of carbonyl (C=O) groups is 1. The summed E-state index contributed by atoms with van der Waals surface area (Å²) < 4.78 is 13.6. The van der Waals surface area contributed by atoms with Crippen LogP contribution in [-0.2, 0) is 12.2 Å². The molecule has 0 saturated heterocycles. The third kappa shape index (κ3) is 4.90. The van der Waals surface area contributed by atoms with E-state index in [-0.39, 0.29) is 11.7 Å². The molecule has 3 aromatic rings. The fourth-order valence-corrected chi connectivity index (χ4v) is 3.96. The summed E-state index contributed by atoms with van der Waals surface area (Å²) in [7, 11) is 0. The molecule has 0 atom stereocenters. The molecule has 3 nitrogen and oxygen atoms in total. The maximum Gasteiger partial charge on any atom is 0.252 e. The molecule has 0 aliphatic carbocycles. The lowest BCUT2D eigenvalue weighted by Crippen LogP contribution is -2.26. The molecule has 0 aliphatic rings. The minimum atomic E-state index is -0.240. The predicted molar refractivity (Wildman–Crippen MR) is 101 cm³/mol. The van der Waals surface area contributed by atoms with E-state index in [1.807, 2.05) is 29.6 Å². The van der Waals surface area contributed by atoms with Gasteiger partial charge < -0.3 is 5.32 Å². The molecule has 25 heavy (non-hydrogen) atoms. The second-order valence-corrected chi connectivity index (χ2v) is 7.10. The molecule has 3 rings (SSSR count). The van der Waals surface area contributed by atoms with Crippen molar-refractivity contribution in [1.29, 1.82) is 0 Å². The second kappa shape index (κ2) is 8.78. The molecule has 0 aliphatic heterocycles. The highest BCUT2D eigenvalue weighted by molar-refractivity contribution is 7.98. The van der Waals surface area contributed by atoms with Gasteiger partial charge in [-0.05, 0) is 30.2 Å². The SMILES string of the molecule is O=C(NCCc1ccccc1F)c1ccccc1SCc1cscn1. The minimum Gasteiger partial charge on any atom is -0.352 e. The molecular weight excluding hydrogens is 355 g/mol. The molecule has 1 N–H and O–H groups in total. The van der Waals surface area contributed by atoms with Gasteiger partial charge in [0, 0.05) is 22.6 Å². The quantitative estimate of drug-likeness (QED) is 0.619. The maximum atomic E-state index is 13.6. The van der Waals surface area contributed by atoms with Crippen molar-refractivity contribution in [2.45, 2.75) is 17.1 Å². The standard InChI is InChI=1S/C19H17FN2OS2/c20-17-7-3-1-5-14(17)9-10-21-19(23)16-6-2-4-8-18(16)25-12-15-11-24-13-22-15/h1-8,11,13H,9-10,12H2,(H,21,23). The first kappa shape index (κ1) is 17.6. The lowest BCUT2D eigenvalue weighted by Gasteiger charge is -2.10. The van der Waals surface area contributed by atoms with Crippen LogP contribution in [0.15, 0.2) is 64.3 Å². The van der Waals surface area contributed by atoms with Crippen LogP contribution in [0.5, 0.6) is 0 Å². The first-order chi connectivity index (χ1) is 12.2. The Balaban J connectivity index is 1.59. The zero-order valence-electron chi connectivity index (χ0n) is 13.4. The molecule has 1 amide bonds. The van der Waals surface area contributed by atoms with E-state index in [0.717, 1.165) is 16.3 Å². The zero-order chi connectivity index (χ0) is 17.5. The van der Waals surface area contributed by atoms with Crippen LogP contribution in [-0.4, -0.2) is 17.4 Å². The first-order valence-corrected chi connectivity index (χ1v) is 9.77. The Kier molecular flexibility index (Phi) is 6.19. The predicted octanol–water partition coefficient (Wildman–Crippen LogP) is 4.55. The minimum absolute atomic E-state index is 0.141. The number of benzene rings is 2. The lowest BCUT2D eigenvalue weighted by atomic mass is 10.1. The number of aromatic nitrogens is 1. The number of thioether (sulfide) groups is 1. The van der Waals surface area contributed by atoms with Crippen molar-refractivity contribution < 1.29 is 9.18 Å². The largest absolute Gasteiger partial charge is 0.352 e. The van der Waals surface area contributed by atoms with Crippen molar-refractivity contribution >= 4 is 29.0 Å². The van der Waals surface area contributed by atoms with Crippen molar-refractivity contribution in [3.8, 4) is 0 Å². The Morgan fingerprint density at radius 1 is 1.16 bits per heavy atom. The third-order valence-electron chi connectivity index (χ3n) is 3.63. The fraction of sp³-hybridized carbons (Fsp3) is 0.158. The molecule has 0 spiro atoms. The maximum absolute atomic E-state index is 13.6. The molecule has 1 heterocycles. The van der Waals surface area contributed by atoms with E-state index in [4.69, 9.17) is 0 Å². The van der Waals surface area contributed by atoms with Gasteiger partial charge in [-0.2, -0.15) is 0 Å². The Hall–Kier alpha value is -2.18. The average molecular weight is 372 g/mol. The van der Waals surface area contributed by atoms with Crippen LogP contribution in [0.4, 0.5) is 4.39 Å². The van der Waals surface area contributed by atoms with Gasteiger partial charge in [0.25, 0.3) is 5.91 Å². The summed E-state index contributed by atoms with van der Waals surface area (Å²) in [6, 6.07) is 14.1. The molecule has 128 valence electrons. The average Bonchev–Trinajstić information content (AvgIpc) is 3.15. The van der Waals surface area contributed by atoms with E-state index in [0.29, 0.717) is 24.1 Å². The second-order valence-electron chi connectivity index (χ2n) is 5.36. The zero-order valence-corrected chi connectivity index (χ0v) is 15.1. The van der Waals surface area contributed by atoms with Gasteiger partial charge in [-0.15, -0.1) is 23.1 Å². The number of nitrogens with zero attached hydrogens (tertiary/aromatic N) is 1. The van der Waals surface area contributed by atoms with Gasteiger partial charge in [0.15, 0.2) is 0 Å². The molecular formula is C19H17FN2OS2. The third-order valence-corrected chi connectivity index (χ3v) is 5.37. The van der Waals surface area contributed by atoms with Gasteiger partial charge in [0.05, 0.1) is 16.8 Å². The molecule has 0 radical (unpaired) electrons. The number of carbonyl (C=O) groups excluding carboxylic acids is 1. The van der Waals surface area contributed by atoms with Gasteiger partial charge in [0.1, 0.15) is 5.82 Å². The van der Waals surface area contributed by atoms with Crippen molar-refractivity contribution in [1.82, 2.24) is 10.3 Å². The molecule has 0 fully saturated rings. The topological polar surface area (TPSA) is 42.0 Å². The van der Waals surface area contributed by atoms with Gasteiger partial charge in [0.2, 0.25) is 0 Å². The highest BCUT2D eigenvalue weighted by Gasteiger charge is 2.12. The van der Waals surface area contributed by atoms with Crippen LogP contribution in [0.1, 0.15) is 21.6 Å². The van der Waals surface area contributed by atoms with Gasteiger partial charge in [-0.25, -0.2) is 9.37 Å². The van der Waals surface area contributed by atoms with Crippen LogP contribution in [0.3, 0.4) is 0 Å². The Morgan fingerprint density at radius 3 is 2.76 bits per heavy atom. The first-order valence-electron chi connectivity index (χ1n) is 7.84. The Bertz CT molecular complexity index is 837. The van der Waals surface area contributed by atoms with E-state index < -0.39 is 0 Å². The number of nitrogens with one attached hydrogen (secondary N) is 1. The highest BCUT2D eigenvalue weighted by Crippen LogP contribution is 2.26. The molecule has 0 bridgehead atoms.